The van der Waals surface area contributed by atoms with Gasteiger partial charge in [0.1, 0.15) is 0 Å². The van der Waals surface area contributed by atoms with Gasteiger partial charge in [0.25, 0.3) is 5.91 Å². The molecule has 7 heteroatoms. The fourth-order valence-corrected chi connectivity index (χ4v) is 2.59. The van der Waals surface area contributed by atoms with Crippen molar-refractivity contribution < 1.29 is 4.79 Å². The van der Waals surface area contributed by atoms with Crippen LogP contribution in [0.2, 0.25) is 10.0 Å². The molecule has 20 heavy (non-hydrogen) atoms. The van der Waals surface area contributed by atoms with Crippen molar-refractivity contribution in [2.24, 2.45) is 4.99 Å². The number of nitrogens with zero attached hydrogens (tertiary/aromatic N) is 3. The van der Waals surface area contributed by atoms with Crippen LogP contribution in [-0.2, 0) is 4.79 Å². The maximum Gasteiger partial charge on any atom is 0.251 e. The first-order valence-corrected chi connectivity index (χ1v) is 6.51. The Bertz CT molecular complexity index is 828. The summed E-state index contributed by atoms with van der Waals surface area (Å²) >= 11 is 12.4. The van der Waals surface area contributed by atoms with Crippen LogP contribution in [0, 0.1) is 0 Å². The molecule has 0 saturated heterocycles. The second-order valence-corrected chi connectivity index (χ2v) is 4.99. The predicted octanol–water partition coefficient (Wildman–Crippen LogP) is 1.36. The normalized spacial score (nSPS) is 13.4. The van der Waals surface area contributed by atoms with E-state index in [1.165, 1.54) is 0 Å². The molecule has 0 fully saturated rings. The zero-order valence-electron chi connectivity index (χ0n) is 10.1. The number of nitrogens with two attached hydrogens (primary N) is 1. The number of amides is 1. The number of aromatic nitrogens is 2. The van der Waals surface area contributed by atoms with Crippen LogP contribution in [0.5, 0.6) is 0 Å². The highest BCUT2D eigenvalue weighted by Gasteiger charge is 2.16. The van der Waals surface area contributed by atoms with Crippen LogP contribution in [0.25, 0.3) is 17.3 Å². The number of rotatable bonds is 1. The largest absolute Gasteiger partial charge is 0.368 e. The summed E-state index contributed by atoms with van der Waals surface area (Å²) in [5.74, 6) is -0.256. The molecule has 2 heterocycles. The van der Waals surface area contributed by atoms with Crippen molar-refractivity contribution in [2.75, 3.05) is 5.73 Å². The summed E-state index contributed by atoms with van der Waals surface area (Å²) in [6, 6.07) is 5.15. The van der Waals surface area contributed by atoms with Gasteiger partial charge in [-0.25, -0.2) is 4.98 Å². The number of carbonyl (C=O) groups excluding carboxylic acids is 1. The Morgan fingerprint density at radius 3 is 2.55 bits per heavy atom. The Morgan fingerprint density at radius 1 is 1.15 bits per heavy atom. The number of anilines is 1. The fourth-order valence-electron chi connectivity index (χ4n) is 2.02. The van der Waals surface area contributed by atoms with Crippen molar-refractivity contribution in [3.8, 4) is 11.3 Å². The van der Waals surface area contributed by atoms with E-state index in [1.54, 1.807) is 24.3 Å². The van der Waals surface area contributed by atoms with E-state index in [-0.39, 0.29) is 23.8 Å². The van der Waals surface area contributed by atoms with Crippen molar-refractivity contribution in [2.45, 2.75) is 6.42 Å². The smallest absolute Gasteiger partial charge is 0.251 e. The van der Waals surface area contributed by atoms with E-state index in [9.17, 15) is 4.79 Å². The van der Waals surface area contributed by atoms with Gasteiger partial charge in [-0.1, -0.05) is 35.3 Å². The van der Waals surface area contributed by atoms with E-state index < -0.39 is 0 Å². The van der Waals surface area contributed by atoms with Gasteiger partial charge in [0.05, 0.1) is 15.7 Å². The number of fused-ring (bicyclic) bond motifs is 1. The zero-order chi connectivity index (χ0) is 14.3. The highest BCUT2D eigenvalue weighted by atomic mass is 35.5. The number of hydrogen-bond donors (Lipinski definition) is 1. The van der Waals surface area contributed by atoms with Crippen molar-refractivity contribution >= 4 is 41.1 Å². The number of carbonyl (C=O) groups is 1. The van der Waals surface area contributed by atoms with E-state index in [2.05, 4.69) is 15.0 Å². The second-order valence-electron chi connectivity index (χ2n) is 4.18. The molecule has 0 spiro atoms. The van der Waals surface area contributed by atoms with Crippen LogP contribution in [0.1, 0.15) is 6.42 Å². The number of benzene rings is 1. The average Bonchev–Trinajstić information content (AvgIpc) is 2.37. The predicted molar refractivity (Wildman–Crippen MR) is 76.8 cm³/mol. The lowest BCUT2D eigenvalue weighted by Crippen LogP contribution is -2.36. The third-order valence-corrected chi connectivity index (χ3v) is 3.48. The van der Waals surface area contributed by atoms with Crippen molar-refractivity contribution in [3.63, 3.8) is 0 Å². The zero-order valence-corrected chi connectivity index (χ0v) is 11.6. The van der Waals surface area contributed by atoms with Gasteiger partial charge in [0, 0.05) is 17.2 Å². The molecular weight excluding hydrogens is 299 g/mol. The summed E-state index contributed by atoms with van der Waals surface area (Å²) in [4.78, 5) is 23.4. The third-order valence-electron chi connectivity index (χ3n) is 2.85. The lowest BCUT2D eigenvalue weighted by molar-refractivity contribution is -0.117. The molecule has 0 saturated carbocycles. The van der Waals surface area contributed by atoms with Gasteiger partial charge in [-0.3, -0.25) is 4.79 Å². The highest BCUT2D eigenvalue weighted by Crippen LogP contribution is 2.31. The molecule has 1 amide bonds. The summed E-state index contributed by atoms with van der Waals surface area (Å²) in [7, 11) is 0. The molecule has 0 unspecified atom stereocenters. The van der Waals surface area contributed by atoms with Crippen LogP contribution in [0.15, 0.2) is 23.2 Å². The minimum atomic E-state index is -0.271. The maximum absolute atomic E-state index is 11.4. The molecule has 5 nitrogen and oxygen atoms in total. The Labute approximate surface area is 123 Å². The van der Waals surface area contributed by atoms with Crippen LogP contribution >= 0.6 is 23.2 Å². The number of hydrogen-bond acceptors (Lipinski definition) is 4. The molecule has 2 aromatic rings. The monoisotopic (exact) mass is 306 g/mol. The molecule has 1 aliphatic heterocycles. The average molecular weight is 307 g/mol. The molecule has 1 aliphatic rings. The summed E-state index contributed by atoms with van der Waals surface area (Å²) in [6.45, 7) is 0. The van der Waals surface area contributed by atoms with Gasteiger partial charge >= 0.3 is 0 Å². The maximum atomic E-state index is 11.4. The lowest BCUT2D eigenvalue weighted by atomic mass is 10.1. The molecule has 0 atom stereocenters. The van der Waals surface area contributed by atoms with E-state index >= 15 is 0 Å². The van der Waals surface area contributed by atoms with Gasteiger partial charge in [-0.2, -0.15) is 9.98 Å². The van der Waals surface area contributed by atoms with E-state index in [1.807, 2.05) is 0 Å². The number of halogens is 2. The first-order valence-electron chi connectivity index (χ1n) is 5.76. The SMILES string of the molecule is Nc1nc(-c2c(Cl)cccc2Cl)c2c(n1)=NC(=O)CC=2. The summed E-state index contributed by atoms with van der Waals surface area (Å²) in [5.41, 5.74) is 6.96. The van der Waals surface area contributed by atoms with Crippen molar-refractivity contribution in [3.05, 3.63) is 39.0 Å². The second kappa shape index (κ2) is 4.85. The summed E-state index contributed by atoms with van der Waals surface area (Å²) in [6.07, 6.45) is 1.90. The van der Waals surface area contributed by atoms with Crippen LogP contribution < -0.4 is 16.4 Å². The third kappa shape index (κ3) is 2.15. The van der Waals surface area contributed by atoms with Gasteiger partial charge in [-0.05, 0) is 12.1 Å². The minimum absolute atomic E-state index is 0.0154. The Balaban J connectivity index is 2.43. The molecule has 3 rings (SSSR count). The van der Waals surface area contributed by atoms with Gasteiger partial charge < -0.3 is 5.73 Å². The summed E-state index contributed by atoms with van der Waals surface area (Å²) in [5, 5.41) is 1.51. The Morgan fingerprint density at radius 2 is 1.85 bits per heavy atom. The lowest BCUT2D eigenvalue weighted by Gasteiger charge is -2.09. The number of nitrogen functional groups attached to an aromatic ring is 1. The highest BCUT2D eigenvalue weighted by molar-refractivity contribution is 6.39. The molecule has 1 aromatic heterocycles. The minimum Gasteiger partial charge on any atom is -0.368 e. The van der Waals surface area contributed by atoms with Crippen LogP contribution in [0.4, 0.5) is 5.95 Å². The van der Waals surface area contributed by atoms with Crippen molar-refractivity contribution in [1.29, 1.82) is 0 Å². The quantitative estimate of drug-likeness (QED) is 0.862. The van der Waals surface area contributed by atoms with Crippen LogP contribution in [0.3, 0.4) is 0 Å². The fraction of sp³-hybridized carbons (Fsp3) is 0.0769. The molecular formula is C13H8Cl2N4O. The summed E-state index contributed by atoms with van der Waals surface area (Å²) < 4.78 is 0. The van der Waals surface area contributed by atoms with Crippen molar-refractivity contribution in [1.82, 2.24) is 9.97 Å². The van der Waals surface area contributed by atoms with Gasteiger partial charge in [0.2, 0.25) is 5.95 Å². The first-order chi connectivity index (χ1) is 9.56. The molecule has 100 valence electrons. The van der Waals surface area contributed by atoms with E-state index in [0.29, 0.717) is 26.5 Å². The Hall–Kier alpha value is -1.98. The standard InChI is InChI=1S/C13H8Cl2N4O/c14-7-2-1-3-8(15)10(7)11-6-4-5-9(20)17-12(6)19-13(16)18-11/h1-4H,5H2,(H2,16,17,19,20). The molecule has 0 bridgehead atoms. The van der Waals surface area contributed by atoms with Gasteiger partial charge in [-0.15, -0.1) is 0 Å². The molecule has 2 N–H and O–H groups in total. The Kier molecular flexibility index (Phi) is 3.16. The van der Waals surface area contributed by atoms with E-state index in [4.69, 9.17) is 28.9 Å². The topological polar surface area (TPSA) is 81.2 Å². The first kappa shape index (κ1) is 13.0. The van der Waals surface area contributed by atoms with Crippen LogP contribution in [-0.4, -0.2) is 15.9 Å². The van der Waals surface area contributed by atoms with Gasteiger partial charge in [0.15, 0.2) is 5.49 Å². The van der Waals surface area contributed by atoms with E-state index in [0.717, 1.165) is 0 Å². The molecule has 0 aliphatic carbocycles. The molecule has 0 radical (unpaired) electrons. The molecule has 1 aromatic carbocycles.